The molecule has 0 radical (unpaired) electrons. The number of aliphatic carboxylic acids is 1. The van der Waals surface area contributed by atoms with Gasteiger partial charge >= 0.3 is 12.0 Å². The van der Waals surface area contributed by atoms with Crippen LogP contribution >= 0.6 is 15.9 Å². The Bertz CT molecular complexity index is 565. The highest BCUT2D eigenvalue weighted by molar-refractivity contribution is 9.10. The quantitative estimate of drug-likeness (QED) is 0.751. The number of carboxylic acid groups (broad SMARTS) is 1. The fraction of sp³-hybridized carbons (Fsp3) is 0.429. The second kappa shape index (κ2) is 6.89. The van der Waals surface area contributed by atoms with Gasteiger partial charge in [0.15, 0.2) is 0 Å². The minimum Gasteiger partial charge on any atom is -0.481 e. The number of amides is 2. The van der Waals surface area contributed by atoms with Crippen LogP contribution in [0.4, 0.5) is 14.9 Å². The average molecular weight is 361 g/mol. The topological polar surface area (TPSA) is 78.4 Å². The van der Waals surface area contributed by atoms with Gasteiger partial charge in [-0.2, -0.15) is 0 Å². The van der Waals surface area contributed by atoms with Gasteiger partial charge in [0, 0.05) is 12.2 Å². The van der Waals surface area contributed by atoms with Crippen LogP contribution < -0.4 is 10.6 Å². The van der Waals surface area contributed by atoms with E-state index in [-0.39, 0.29) is 6.54 Å². The number of hydrogen-bond donors (Lipinski definition) is 3. The summed E-state index contributed by atoms with van der Waals surface area (Å²) in [5.74, 6) is -1.46. The van der Waals surface area contributed by atoms with Gasteiger partial charge in [-0.3, -0.25) is 4.79 Å². The molecule has 116 valence electrons. The lowest BCUT2D eigenvalue weighted by Gasteiger charge is -2.23. The van der Waals surface area contributed by atoms with Crippen LogP contribution in [0.3, 0.4) is 0 Å². The Kier molecular flexibility index (Phi) is 5.71. The Balaban J connectivity index is 2.71. The number of carbonyl (C=O) groups is 2. The zero-order chi connectivity index (χ0) is 16.2. The van der Waals surface area contributed by atoms with E-state index in [4.69, 9.17) is 5.11 Å². The van der Waals surface area contributed by atoms with Crippen molar-refractivity contribution in [2.75, 3.05) is 11.9 Å². The predicted molar refractivity (Wildman–Crippen MR) is 81.9 cm³/mol. The van der Waals surface area contributed by atoms with E-state index >= 15 is 0 Å². The summed E-state index contributed by atoms with van der Waals surface area (Å²) in [5.41, 5.74) is -0.00574. The summed E-state index contributed by atoms with van der Waals surface area (Å²) in [6, 6.07) is 2.19. The van der Waals surface area contributed by atoms with Crippen LogP contribution in [0.15, 0.2) is 16.6 Å². The molecule has 7 heteroatoms. The first kappa shape index (κ1) is 17.4. The molecule has 0 bridgehead atoms. The van der Waals surface area contributed by atoms with Crippen molar-refractivity contribution >= 4 is 33.6 Å². The van der Waals surface area contributed by atoms with E-state index in [1.165, 1.54) is 6.07 Å². The fourth-order valence-electron chi connectivity index (χ4n) is 1.57. The van der Waals surface area contributed by atoms with E-state index in [1.807, 2.05) is 0 Å². The van der Waals surface area contributed by atoms with Gasteiger partial charge in [-0.25, -0.2) is 9.18 Å². The number of hydrogen-bond acceptors (Lipinski definition) is 2. The molecule has 0 aliphatic carbocycles. The third-order valence-electron chi connectivity index (χ3n) is 3.45. The van der Waals surface area contributed by atoms with E-state index in [0.717, 1.165) is 0 Å². The van der Waals surface area contributed by atoms with Gasteiger partial charge in [-0.15, -0.1) is 0 Å². The highest BCUT2D eigenvalue weighted by atomic mass is 79.9. The zero-order valence-corrected chi connectivity index (χ0v) is 13.7. The molecule has 0 aliphatic rings. The smallest absolute Gasteiger partial charge is 0.319 e. The average Bonchev–Trinajstić information content (AvgIpc) is 2.42. The molecule has 1 rings (SSSR count). The minimum atomic E-state index is -1.03. The first-order chi connectivity index (χ1) is 9.69. The Morgan fingerprint density at radius 2 is 2.05 bits per heavy atom. The van der Waals surface area contributed by atoms with E-state index in [0.29, 0.717) is 22.1 Å². The summed E-state index contributed by atoms with van der Waals surface area (Å²) in [6.45, 7) is 5.01. The summed E-state index contributed by atoms with van der Waals surface area (Å²) in [7, 11) is 0. The van der Waals surface area contributed by atoms with Crippen molar-refractivity contribution < 1.29 is 19.1 Å². The van der Waals surface area contributed by atoms with E-state index in [9.17, 15) is 14.0 Å². The molecule has 0 aromatic heterocycles. The molecular formula is C14H18BrFN2O3. The summed E-state index contributed by atoms with van der Waals surface area (Å²) in [5, 5.41) is 14.1. The van der Waals surface area contributed by atoms with Gasteiger partial charge in [-0.1, -0.05) is 6.92 Å². The first-order valence-corrected chi connectivity index (χ1v) is 7.23. The number of carbonyl (C=O) groups excluding carboxylic acids is 1. The lowest BCUT2D eigenvalue weighted by atomic mass is 9.88. The van der Waals surface area contributed by atoms with Crippen LogP contribution in [0, 0.1) is 18.2 Å². The Morgan fingerprint density at radius 3 is 2.57 bits per heavy atom. The number of carboxylic acids is 1. The van der Waals surface area contributed by atoms with Gasteiger partial charge in [0.2, 0.25) is 0 Å². The summed E-state index contributed by atoms with van der Waals surface area (Å²) >= 11 is 3.06. The molecule has 0 fully saturated rings. The van der Waals surface area contributed by atoms with Crippen LogP contribution in [-0.2, 0) is 4.79 Å². The van der Waals surface area contributed by atoms with Crippen LogP contribution in [-0.4, -0.2) is 23.7 Å². The summed E-state index contributed by atoms with van der Waals surface area (Å²) in [6.07, 6.45) is 0.383. The number of aryl methyl sites for hydroxylation is 1. The number of anilines is 1. The Hall–Kier alpha value is -1.63. The molecule has 0 saturated heterocycles. The van der Waals surface area contributed by atoms with E-state index in [1.54, 1.807) is 26.8 Å². The third kappa shape index (κ3) is 4.42. The van der Waals surface area contributed by atoms with Crippen molar-refractivity contribution in [1.82, 2.24) is 5.32 Å². The standard InChI is InChI=1S/C14H18BrFN2O3/c1-4-14(3,12(19)20)7-17-13(21)18-11-6-10(16)9(15)5-8(11)2/h5-6H,4,7H2,1-3H3,(H,19,20)(H2,17,18,21). The number of rotatable bonds is 5. The van der Waals surface area contributed by atoms with Gasteiger partial charge in [0.1, 0.15) is 5.82 Å². The fourth-order valence-corrected chi connectivity index (χ4v) is 2.03. The van der Waals surface area contributed by atoms with Gasteiger partial charge < -0.3 is 15.7 Å². The second-order valence-electron chi connectivity index (χ2n) is 5.11. The minimum absolute atomic E-state index is 0.0112. The molecule has 1 aromatic rings. The maximum absolute atomic E-state index is 13.4. The number of nitrogens with one attached hydrogen (secondary N) is 2. The van der Waals surface area contributed by atoms with Gasteiger partial charge in [-0.05, 0) is 53.9 Å². The highest BCUT2D eigenvalue weighted by Gasteiger charge is 2.31. The maximum atomic E-state index is 13.4. The van der Waals surface area contributed by atoms with Crippen LogP contribution in [0.2, 0.25) is 0 Å². The van der Waals surface area contributed by atoms with Crippen LogP contribution in [0.1, 0.15) is 25.8 Å². The molecule has 2 amide bonds. The highest BCUT2D eigenvalue weighted by Crippen LogP contribution is 2.24. The summed E-state index contributed by atoms with van der Waals surface area (Å²) < 4.78 is 13.8. The lowest BCUT2D eigenvalue weighted by Crippen LogP contribution is -2.42. The zero-order valence-electron chi connectivity index (χ0n) is 12.1. The van der Waals surface area contributed by atoms with E-state index < -0.39 is 23.2 Å². The number of halogens is 2. The van der Waals surface area contributed by atoms with Crippen molar-refractivity contribution in [3.63, 3.8) is 0 Å². The molecule has 0 saturated carbocycles. The molecule has 0 heterocycles. The molecule has 5 nitrogen and oxygen atoms in total. The van der Waals surface area contributed by atoms with Crippen LogP contribution in [0.25, 0.3) is 0 Å². The van der Waals surface area contributed by atoms with Crippen LogP contribution in [0.5, 0.6) is 0 Å². The molecule has 3 N–H and O–H groups in total. The number of benzene rings is 1. The third-order valence-corrected chi connectivity index (χ3v) is 4.06. The molecule has 1 atom stereocenters. The Labute approximate surface area is 131 Å². The normalized spacial score (nSPS) is 13.4. The van der Waals surface area contributed by atoms with E-state index in [2.05, 4.69) is 26.6 Å². The second-order valence-corrected chi connectivity index (χ2v) is 5.96. The predicted octanol–water partition coefficient (Wildman–Crippen LogP) is 3.52. The number of urea groups is 1. The first-order valence-electron chi connectivity index (χ1n) is 6.43. The molecule has 21 heavy (non-hydrogen) atoms. The lowest BCUT2D eigenvalue weighted by molar-refractivity contribution is -0.147. The van der Waals surface area contributed by atoms with Crippen molar-refractivity contribution in [1.29, 1.82) is 0 Å². The Morgan fingerprint density at radius 1 is 1.43 bits per heavy atom. The SMILES string of the molecule is CCC(C)(CNC(=O)Nc1cc(F)c(Br)cc1C)C(=O)O. The van der Waals surface area contributed by atoms with Crippen molar-refractivity contribution in [2.45, 2.75) is 27.2 Å². The molecule has 1 unspecified atom stereocenters. The van der Waals surface area contributed by atoms with Gasteiger partial charge in [0.25, 0.3) is 0 Å². The summed E-state index contributed by atoms with van der Waals surface area (Å²) in [4.78, 5) is 22.9. The molecule has 1 aromatic carbocycles. The van der Waals surface area contributed by atoms with Crippen molar-refractivity contribution in [3.8, 4) is 0 Å². The largest absolute Gasteiger partial charge is 0.481 e. The monoisotopic (exact) mass is 360 g/mol. The van der Waals surface area contributed by atoms with Gasteiger partial charge in [0.05, 0.1) is 9.89 Å². The molecular weight excluding hydrogens is 343 g/mol. The maximum Gasteiger partial charge on any atom is 0.319 e. The van der Waals surface area contributed by atoms with Crippen molar-refractivity contribution in [2.24, 2.45) is 5.41 Å². The van der Waals surface area contributed by atoms with Crippen molar-refractivity contribution in [3.05, 3.63) is 28.0 Å². The molecule has 0 spiro atoms. The molecule has 0 aliphatic heterocycles.